The van der Waals surface area contributed by atoms with Crippen LogP contribution in [-0.4, -0.2) is 18.5 Å². The molecule has 5 nitrogen and oxygen atoms in total. The largest absolute Gasteiger partial charge is 0.494 e. The molecular weight excluding hydrogens is 500 g/mol. The van der Waals surface area contributed by atoms with Gasteiger partial charge in [0.05, 0.1) is 18.1 Å². The number of benzene rings is 2. The van der Waals surface area contributed by atoms with Gasteiger partial charge in [-0.15, -0.1) is 6.58 Å². The Morgan fingerprint density at radius 3 is 2.02 bits per heavy atom. The lowest BCUT2D eigenvalue weighted by atomic mass is 9.80. The zero-order valence-corrected chi connectivity index (χ0v) is 24.4. The van der Waals surface area contributed by atoms with Gasteiger partial charge in [0, 0.05) is 0 Å². The van der Waals surface area contributed by atoms with Crippen molar-refractivity contribution in [2.45, 2.75) is 103 Å². The Bertz CT molecular complexity index is 1000. The molecule has 2 aromatic carbocycles. The first-order chi connectivity index (χ1) is 19.6. The Morgan fingerprint density at radius 1 is 0.750 bits per heavy atom. The van der Waals surface area contributed by atoms with Crippen molar-refractivity contribution in [1.82, 2.24) is 0 Å². The van der Waals surface area contributed by atoms with E-state index < -0.39 is 5.97 Å². The van der Waals surface area contributed by atoms with Gasteiger partial charge in [0.2, 0.25) is 0 Å². The maximum absolute atomic E-state index is 12.7. The van der Waals surface area contributed by atoms with Gasteiger partial charge in [-0.3, -0.25) is 4.79 Å². The van der Waals surface area contributed by atoms with E-state index in [1.165, 1.54) is 57.8 Å². The van der Waals surface area contributed by atoms with Crippen LogP contribution in [0.5, 0.6) is 17.2 Å². The number of carbonyl (C=O) groups is 2. The standard InChI is InChI=1S/C35H48O5/c1-3-5-7-9-11-13-27-38-31-21-19-30(20-22-31)35(37)40-33-25-23-32(24-26-33)39-34(36)29-17-15-28(16-18-29)14-12-10-8-6-4-2/h4,19-26,28-29H,2-3,5-18,27H2,1H3/t28-,29-. The Morgan fingerprint density at radius 2 is 1.35 bits per heavy atom. The molecule has 40 heavy (non-hydrogen) atoms. The third-order valence-electron chi connectivity index (χ3n) is 7.81. The summed E-state index contributed by atoms with van der Waals surface area (Å²) in [7, 11) is 0. The fourth-order valence-corrected chi connectivity index (χ4v) is 5.29. The Hall–Kier alpha value is -3.08. The molecule has 0 radical (unpaired) electrons. The predicted octanol–water partition coefficient (Wildman–Crippen LogP) is 9.49. The summed E-state index contributed by atoms with van der Waals surface area (Å²) in [4.78, 5) is 25.3. The van der Waals surface area contributed by atoms with Gasteiger partial charge in [-0.05, 0) is 99.4 Å². The van der Waals surface area contributed by atoms with Crippen molar-refractivity contribution >= 4 is 11.9 Å². The fraction of sp³-hybridized carbons (Fsp3) is 0.543. The third-order valence-corrected chi connectivity index (χ3v) is 7.81. The number of hydrogen-bond acceptors (Lipinski definition) is 5. The summed E-state index contributed by atoms with van der Waals surface area (Å²) >= 11 is 0. The van der Waals surface area contributed by atoms with Crippen molar-refractivity contribution in [3.63, 3.8) is 0 Å². The van der Waals surface area contributed by atoms with E-state index in [-0.39, 0.29) is 11.9 Å². The quantitative estimate of drug-likeness (QED) is 0.0803. The number of ether oxygens (including phenoxy) is 3. The lowest BCUT2D eigenvalue weighted by Gasteiger charge is -2.27. The zero-order valence-electron chi connectivity index (χ0n) is 24.4. The predicted molar refractivity (Wildman–Crippen MR) is 161 cm³/mol. The van der Waals surface area contributed by atoms with Crippen LogP contribution in [0.4, 0.5) is 0 Å². The minimum absolute atomic E-state index is 0.0349. The van der Waals surface area contributed by atoms with Crippen LogP contribution in [0.15, 0.2) is 61.2 Å². The highest BCUT2D eigenvalue weighted by atomic mass is 16.5. The number of allylic oxidation sites excluding steroid dienone is 1. The van der Waals surface area contributed by atoms with Gasteiger partial charge < -0.3 is 14.2 Å². The number of hydrogen-bond donors (Lipinski definition) is 0. The van der Waals surface area contributed by atoms with Crippen molar-refractivity contribution in [2.75, 3.05) is 6.61 Å². The molecule has 5 heteroatoms. The SMILES string of the molecule is C=CCCCCC[C@H]1CC[C@H](C(=O)Oc2ccc(OC(=O)c3ccc(OCCCCCCCC)cc3)cc2)CC1. The minimum atomic E-state index is -0.440. The molecule has 218 valence electrons. The summed E-state index contributed by atoms with van der Waals surface area (Å²) in [6, 6.07) is 13.7. The Kier molecular flexibility index (Phi) is 14.4. The molecule has 0 aromatic heterocycles. The minimum Gasteiger partial charge on any atom is -0.494 e. The average Bonchev–Trinajstić information content (AvgIpc) is 2.98. The second-order valence-electron chi connectivity index (χ2n) is 11.1. The molecule has 0 atom stereocenters. The molecule has 0 aliphatic heterocycles. The van der Waals surface area contributed by atoms with Crippen LogP contribution < -0.4 is 14.2 Å². The van der Waals surface area contributed by atoms with Crippen LogP contribution in [0, 0.1) is 11.8 Å². The highest BCUT2D eigenvalue weighted by Gasteiger charge is 2.27. The van der Waals surface area contributed by atoms with Crippen LogP contribution >= 0.6 is 0 Å². The van der Waals surface area contributed by atoms with Crippen LogP contribution in [0.1, 0.15) is 114 Å². The first-order valence-corrected chi connectivity index (χ1v) is 15.5. The second kappa shape index (κ2) is 18.3. The van der Waals surface area contributed by atoms with Crippen molar-refractivity contribution < 1.29 is 23.8 Å². The molecule has 1 saturated carbocycles. The van der Waals surface area contributed by atoms with Gasteiger partial charge in [0.15, 0.2) is 0 Å². The molecule has 0 saturated heterocycles. The second-order valence-corrected chi connectivity index (χ2v) is 11.1. The van der Waals surface area contributed by atoms with E-state index in [1.54, 1.807) is 48.5 Å². The number of unbranched alkanes of at least 4 members (excludes halogenated alkanes) is 8. The molecule has 1 aliphatic carbocycles. The summed E-state index contributed by atoms with van der Waals surface area (Å²) in [5.74, 6) is 1.73. The first-order valence-electron chi connectivity index (χ1n) is 15.5. The van der Waals surface area contributed by atoms with Crippen LogP contribution in [0.25, 0.3) is 0 Å². The smallest absolute Gasteiger partial charge is 0.343 e. The molecular formula is C35H48O5. The van der Waals surface area contributed by atoms with Gasteiger partial charge >= 0.3 is 11.9 Å². The van der Waals surface area contributed by atoms with E-state index >= 15 is 0 Å². The summed E-state index contributed by atoms with van der Waals surface area (Å²) < 4.78 is 16.9. The van der Waals surface area contributed by atoms with Crippen molar-refractivity contribution in [1.29, 1.82) is 0 Å². The van der Waals surface area contributed by atoms with E-state index in [2.05, 4.69) is 13.5 Å². The molecule has 3 rings (SSSR count). The highest BCUT2D eigenvalue weighted by Crippen LogP contribution is 2.33. The molecule has 2 aromatic rings. The van der Waals surface area contributed by atoms with Gasteiger partial charge in [-0.25, -0.2) is 4.79 Å². The molecule has 0 amide bonds. The zero-order chi connectivity index (χ0) is 28.4. The lowest BCUT2D eigenvalue weighted by molar-refractivity contribution is -0.140. The Labute approximate surface area is 241 Å². The van der Waals surface area contributed by atoms with E-state index in [0.717, 1.165) is 50.2 Å². The lowest BCUT2D eigenvalue weighted by Crippen LogP contribution is -2.25. The molecule has 0 spiro atoms. The monoisotopic (exact) mass is 548 g/mol. The number of carbonyl (C=O) groups excluding carboxylic acids is 2. The summed E-state index contributed by atoms with van der Waals surface area (Å²) in [5, 5.41) is 0. The van der Waals surface area contributed by atoms with Gasteiger partial charge in [-0.1, -0.05) is 64.4 Å². The molecule has 1 fully saturated rings. The molecule has 0 bridgehead atoms. The molecule has 0 N–H and O–H groups in total. The van der Waals surface area contributed by atoms with Crippen molar-refractivity contribution in [3.05, 3.63) is 66.7 Å². The number of esters is 2. The topological polar surface area (TPSA) is 61.8 Å². The average molecular weight is 549 g/mol. The Balaban J connectivity index is 1.34. The van der Waals surface area contributed by atoms with Gasteiger partial charge in [0.1, 0.15) is 17.2 Å². The van der Waals surface area contributed by atoms with Gasteiger partial charge in [0.25, 0.3) is 0 Å². The maximum atomic E-state index is 12.7. The van der Waals surface area contributed by atoms with Crippen molar-refractivity contribution in [3.8, 4) is 17.2 Å². The first kappa shape index (κ1) is 31.4. The maximum Gasteiger partial charge on any atom is 0.343 e. The number of rotatable bonds is 18. The van der Waals surface area contributed by atoms with Crippen LogP contribution in [0.3, 0.4) is 0 Å². The van der Waals surface area contributed by atoms with E-state index in [4.69, 9.17) is 14.2 Å². The molecule has 1 aliphatic rings. The third kappa shape index (κ3) is 11.6. The highest BCUT2D eigenvalue weighted by molar-refractivity contribution is 5.91. The summed E-state index contributed by atoms with van der Waals surface area (Å²) in [6.07, 6.45) is 19.4. The molecule has 0 heterocycles. The van der Waals surface area contributed by atoms with Crippen LogP contribution in [-0.2, 0) is 4.79 Å². The van der Waals surface area contributed by atoms with E-state index in [9.17, 15) is 9.59 Å². The van der Waals surface area contributed by atoms with Crippen molar-refractivity contribution in [2.24, 2.45) is 11.8 Å². The summed E-state index contributed by atoms with van der Waals surface area (Å²) in [5.41, 5.74) is 0.454. The normalized spacial score (nSPS) is 16.7. The van der Waals surface area contributed by atoms with Crippen LogP contribution in [0.2, 0.25) is 0 Å². The van der Waals surface area contributed by atoms with E-state index in [1.807, 2.05) is 6.08 Å². The summed E-state index contributed by atoms with van der Waals surface area (Å²) in [6.45, 7) is 6.69. The fourth-order valence-electron chi connectivity index (χ4n) is 5.29. The van der Waals surface area contributed by atoms with Gasteiger partial charge in [-0.2, -0.15) is 0 Å². The molecule has 0 unspecified atom stereocenters. The van der Waals surface area contributed by atoms with E-state index in [0.29, 0.717) is 23.7 Å².